The maximum Gasteiger partial charge on any atom is 0.319 e. The average Bonchev–Trinajstić information content (AvgIpc) is 3.21. The molecule has 1 atom stereocenters. The highest BCUT2D eigenvalue weighted by molar-refractivity contribution is 5.97. The van der Waals surface area contributed by atoms with Gasteiger partial charge in [-0.05, 0) is 36.4 Å². The molecule has 2 N–H and O–H groups in total. The Bertz CT molecular complexity index is 856. The van der Waals surface area contributed by atoms with Gasteiger partial charge in [0.2, 0.25) is 12.7 Å². The quantitative estimate of drug-likeness (QED) is 0.884. The van der Waals surface area contributed by atoms with Gasteiger partial charge in [0, 0.05) is 30.4 Å². The lowest BCUT2D eigenvalue weighted by Crippen LogP contribution is -2.39. The summed E-state index contributed by atoms with van der Waals surface area (Å²) in [5.41, 5.74) is 1.17. The number of ether oxygens (including phenoxy) is 2. The molecule has 2 heterocycles. The fourth-order valence-electron chi connectivity index (χ4n) is 3.00. The van der Waals surface area contributed by atoms with Gasteiger partial charge in [-0.15, -0.1) is 0 Å². The second kappa shape index (κ2) is 6.55. The zero-order chi connectivity index (χ0) is 18.1. The number of halogens is 1. The van der Waals surface area contributed by atoms with Crippen LogP contribution in [0.25, 0.3) is 0 Å². The van der Waals surface area contributed by atoms with Gasteiger partial charge in [0.25, 0.3) is 0 Å². The van der Waals surface area contributed by atoms with E-state index in [-0.39, 0.29) is 31.0 Å². The summed E-state index contributed by atoms with van der Waals surface area (Å²) in [4.78, 5) is 25.9. The van der Waals surface area contributed by atoms with E-state index in [2.05, 4.69) is 10.6 Å². The summed E-state index contributed by atoms with van der Waals surface area (Å²) in [6.07, 6.45) is 0.186. The average molecular weight is 357 g/mol. The third-order valence-corrected chi connectivity index (χ3v) is 4.23. The molecule has 2 aromatic carbocycles. The van der Waals surface area contributed by atoms with E-state index >= 15 is 0 Å². The molecule has 26 heavy (non-hydrogen) atoms. The summed E-state index contributed by atoms with van der Waals surface area (Å²) >= 11 is 0. The van der Waals surface area contributed by atoms with E-state index in [4.69, 9.17) is 9.47 Å². The SMILES string of the molecule is O=C(Nc1ccc2c(c1)OCO2)N[C@H]1CC(=O)N(c2ccc(F)cc2)C1. The molecule has 0 bridgehead atoms. The topological polar surface area (TPSA) is 79.9 Å². The number of hydrogen-bond acceptors (Lipinski definition) is 4. The molecule has 2 aromatic rings. The Hall–Kier alpha value is -3.29. The molecule has 4 rings (SSSR count). The second-order valence-electron chi connectivity index (χ2n) is 6.05. The van der Waals surface area contributed by atoms with E-state index in [1.165, 1.54) is 17.0 Å². The summed E-state index contributed by atoms with van der Waals surface area (Å²) in [5, 5.41) is 5.49. The fourth-order valence-corrected chi connectivity index (χ4v) is 3.00. The predicted molar refractivity (Wildman–Crippen MR) is 91.9 cm³/mol. The van der Waals surface area contributed by atoms with Crippen LogP contribution in [0.5, 0.6) is 11.5 Å². The summed E-state index contributed by atoms with van der Waals surface area (Å²) < 4.78 is 23.5. The molecule has 3 amide bonds. The van der Waals surface area contributed by atoms with Crippen molar-refractivity contribution in [2.45, 2.75) is 12.5 Å². The van der Waals surface area contributed by atoms with E-state index in [1.807, 2.05) is 0 Å². The predicted octanol–water partition coefficient (Wildman–Crippen LogP) is 2.48. The zero-order valence-electron chi connectivity index (χ0n) is 13.7. The van der Waals surface area contributed by atoms with Crippen molar-refractivity contribution in [2.24, 2.45) is 0 Å². The molecule has 2 aliphatic rings. The third kappa shape index (κ3) is 3.26. The number of urea groups is 1. The van der Waals surface area contributed by atoms with Crippen LogP contribution < -0.4 is 25.0 Å². The van der Waals surface area contributed by atoms with Crippen molar-refractivity contribution in [3.05, 3.63) is 48.3 Å². The van der Waals surface area contributed by atoms with E-state index in [9.17, 15) is 14.0 Å². The first-order valence-corrected chi connectivity index (χ1v) is 8.11. The lowest BCUT2D eigenvalue weighted by Gasteiger charge is -2.17. The minimum atomic E-state index is -0.414. The first kappa shape index (κ1) is 16.2. The molecular weight excluding hydrogens is 341 g/mol. The van der Waals surface area contributed by atoms with E-state index in [1.54, 1.807) is 30.3 Å². The number of benzene rings is 2. The van der Waals surface area contributed by atoms with Crippen LogP contribution in [-0.2, 0) is 4.79 Å². The van der Waals surface area contributed by atoms with E-state index < -0.39 is 6.03 Å². The minimum absolute atomic E-state index is 0.120. The first-order valence-electron chi connectivity index (χ1n) is 8.11. The molecule has 0 saturated carbocycles. The number of anilines is 2. The number of nitrogens with one attached hydrogen (secondary N) is 2. The molecule has 0 radical (unpaired) electrons. The molecule has 2 aliphatic heterocycles. The van der Waals surface area contributed by atoms with Crippen molar-refractivity contribution in [3.8, 4) is 11.5 Å². The maximum atomic E-state index is 13.0. The van der Waals surface area contributed by atoms with Crippen molar-refractivity contribution >= 4 is 23.3 Å². The number of carbonyl (C=O) groups excluding carboxylic acids is 2. The Morgan fingerprint density at radius 1 is 1.12 bits per heavy atom. The Labute approximate surface area is 148 Å². The Balaban J connectivity index is 1.36. The van der Waals surface area contributed by atoms with E-state index in [0.29, 0.717) is 29.4 Å². The van der Waals surface area contributed by atoms with Crippen molar-refractivity contribution < 1.29 is 23.5 Å². The van der Waals surface area contributed by atoms with Crippen LogP contribution in [0.4, 0.5) is 20.6 Å². The van der Waals surface area contributed by atoms with Gasteiger partial charge in [-0.2, -0.15) is 0 Å². The van der Waals surface area contributed by atoms with Gasteiger partial charge in [0.05, 0.1) is 6.04 Å². The van der Waals surface area contributed by atoms with Crippen LogP contribution in [0.3, 0.4) is 0 Å². The highest BCUT2D eigenvalue weighted by Gasteiger charge is 2.31. The molecule has 0 aromatic heterocycles. The van der Waals surface area contributed by atoms with Crippen LogP contribution in [0, 0.1) is 5.82 Å². The fraction of sp³-hybridized carbons (Fsp3) is 0.222. The number of hydrogen-bond donors (Lipinski definition) is 2. The number of fused-ring (bicyclic) bond motifs is 1. The molecule has 8 heteroatoms. The van der Waals surface area contributed by atoms with Gasteiger partial charge < -0.3 is 25.0 Å². The van der Waals surface area contributed by atoms with Crippen LogP contribution in [0.2, 0.25) is 0 Å². The summed E-state index contributed by atoms with van der Waals surface area (Å²) in [5.74, 6) is 0.719. The summed E-state index contributed by atoms with van der Waals surface area (Å²) in [7, 11) is 0. The number of amides is 3. The number of rotatable bonds is 3. The van der Waals surface area contributed by atoms with Gasteiger partial charge in [-0.1, -0.05) is 0 Å². The van der Waals surface area contributed by atoms with Crippen LogP contribution in [0.1, 0.15) is 6.42 Å². The highest BCUT2D eigenvalue weighted by atomic mass is 19.1. The first-order chi connectivity index (χ1) is 12.6. The molecule has 0 unspecified atom stereocenters. The summed E-state index contributed by atoms with van der Waals surface area (Å²) in [6, 6.07) is 10.0. The standard InChI is InChI=1S/C18H16FN3O4/c19-11-1-4-14(5-2-11)22-9-13(8-17(22)23)21-18(24)20-12-3-6-15-16(7-12)26-10-25-15/h1-7,13H,8-10H2,(H2,20,21,24)/t13-/m0/s1. The van der Waals surface area contributed by atoms with Crippen molar-refractivity contribution in [2.75, 3.05) is 23.6 Å². The normalized spacial score (nSPS) is 18.1. The molecule has 0 spiro atoms. The Morgan fingerprint density at radius 3 is 2.69 bits per heavy atom. The van der Waals surface area contributed by atoms with E-state index in [0.717, 1.165) is 0 Å². The van der Waals surface area contributed by atoms with Crippen molar-refractivity contribution in [1.29, 1.82) is 0 Å². The lowest BCUT2D eigenvalue weighted by atomic mass is 10.2. The third-order valence-electron chi connectivity index (χ3n) is 4.23. The molecule has 1 fully saturated rings. The molecular formula is C18H16FN3O4. The molecule has 0 aliphatic carbocycles. The monoisotopic (exact) mass is 357 g/mol. The van der Waals surface area contributed by atoms with Crippen molar-refractivity contribution in [3.63, 3.8) is 0 Å². The maximum absolute atomic E-state index is 13.0. The molecule has 1 saturated heterocycles. The second-order valence-corrected chi connectivity index (χ2v) is 6.05. The Morgan fingerprint density at radius 2 is 1.88 bits per heavy atom. The number of nitrogens with zero attached hydrogens (tertiary/aromatic N) is 1. The smallest absolute Gasteiger partial charge is 0.319 e. The number of carbonyl (C=O) groups is 2. The van der Waals surface area contributed by atoms with Gasteiger partial charge in [0.15, 0.2) is 11.5 Å². The van der Waals surface area contributed by atoms with Crippen LogP contribution >= 0.6 is 0 Å². The lowest BCUT2D eigenvalue weighted by molar-refractivity contribution is -0.117. The van der Waals surface area contributed by atoms with Crippen LogP contribution in [-0.4, -0.2) is 31.3 Å². The van der Waals surface area contributed by atoms with Gasteiger partial charge in [-0.3, -0.25) is 4.79 Å². The zero-order valence-corrected chi connectivity index (χ0v) is 13.7. The van der Waals surface area contributed by atoms with Gasteiger partial charge in [-0.25, -0.2) is 9.18 Å². The Kier molecular flexibility index (Phi) is 4.08. The van der Waals surface area contributed by atoms with Gasteiger partial charge in [0.1, 0.15) is 5.82 Å². The molecule has 134 valence electrons. The van der Waals surface area contributed by atoms with Gasteiger partial charge >= 0.3 is 6.03 Å². The van der Waals surface area contributed by atoms with Crippen molar-refractivity contribution in [1.82, 2.24) is 5.32 Å². The largest absolute Gasteiger partial charge is 0.454 e. The minimum Gasteiger partial charge on any atom is -0.454 e. The highest BCUT2D eigenvalue weighted by Crippen LogP contribution is 2.34. The van der Waals surface area contributed by atoms with Crippen LogP contribution in [0.15, 0.2) is 42.5 Å². The summed E-state index contributed by atoms with van der Waals surface area (Å²) in [6.45, 7) is 0.493. The molecule has 7 nitrogen and oxygen atoms in total.